The lowest BCUT2D eigenvalue weighted by molar-refractivity contribution is -0.139. The number of nitrogens with zero attached hydrogens (tertiary/aromatic N) is 1. The van der Waals surface area contributed by atoms with Crippen LogP contribution in [0.4, 0.5) is 0 Å². The average molecular weight is 453 g/mol. The van der Waals surface area contributed by atoms with Crippen molar-refractivity contribution in [2.45, 2.75) is 37.8 Å². The lowest BCUT2D eigenvalue weighted by Crippen LogP contribution is -2.40. The number of benzene rings is 3. The minimum Gasteiger partial charge on any atom is -0.344 e. The van der Waals surface area contributed by atoms with Gasteiger partial charge in [-0.05, 0) is 64.8 Å². The first-order valence-corrected chi connectivity index (χ1v) is 11.4. The monoisotopic (exact) mass is 452 g/mol. The molecule has 5 rings (SSSR count). The van der Waals surface area contributed by atoms with Gasteiger partial charge in [0.25, 0.3) is 5.91 Å². The number of rotatable bonds is 6. The van der Waals surface area contributed by atoms with Gasteiger partial charge in [-0.3, -0.25) is 14.4 Å². The minimum absolute atomic E-state index is 0.0242. The van der Waals surface area contributed by atoms with Crippen molar-refractivity contribution in [1.29, 1.82) is 5.26 Å². The fourth-order valence-corrected chi connectivity index (χ4v) is 4.89. The largest absolute Gasteiger partial charge is 0.344 e. The Labute approximate surface area is 197 Å². The van der Waals surface area contributed by atoms with E-state index in [0.29, 0.717) is 11.1 Å². The van der Waals surface area contributed by atoms with E-state index < -0.39 is 17.4 Å². The Morgan fingerprint density at radius 1 is 0.882 bits per heavy atom. The number of amides is 3. The summed E-state index contributed by atoms with van der Waals surface area (Å²) in [5.41, 5.74) is 4.57. The molecule has 7 heteroatoms. The zero-order valence-corrected chi connectivity index (χ0v) is 18.6. The topological polar surface area (TPSA) is 111 Å². The molecule has 3 aromatic rings. The number of nitrogens with one attached hydrogen (secondary N) is 3. The summed E-state index contributed by atoms with van der Waals surface area (Å²) in [4.78, 5) is 37.0. The Morgan fingerprint density at radius 3 is 2.38 bits per heavy atom. The molecule has 0 spiro atoms. The van der Waals surface area contributed by atoms with Crippen LogP contribution in [0, 0.1) is 11.3 Å². The summed E-state index contributed by atoms with van der Waals surface area (Å²) in [6, 6.07) is 19.6. The number of hydrogen-bond acceptors (Lipinski definition) is 4. The smallest absolute Gasteiger partial charge is 0.310 e. The molecule has 2 aliphatic carbocycles. The van der Waals surface area contributed by atoms with Gasteiger partial charge in [0, 0.05) is 12.1 Å². The molecule has 3 N–H and O–H groups in total. The molecule has 0 saturated heterocycles. The fraction of sp³-hybridized carbons (Fsp3) is 0.259. The van der Waals surface area contributed by atoms with E-state index in [2.05, 4.69) is 46.3 Å². The van der Waals surface area contributed by atoms with Crippen LogP contribution in [0.5, 0.6) is 0 Å². The zero-order valence-electron chi connectivity index (χ0n) is 18.6. The second-order valence-corrected chi connectivity index (χ2v) is 8.83. The number of carbonyl (C=O) groups excluding carboxylic acids is 3. The number of nitriles is 1. The van der Waals surface area contributed by atoms with Crippen LogP contribution in [-0.2, 0) is 34.5 Å². The molecule has 3 amide bonds. The second-order valence-electron chi connectivity index (χ2n) is 8.83. The summed E-state index contributed by atoms with van der Waals surface area (Å²) in [6.45, 7) is -0.221. The molecule has 1 fully saturated rings. The van der Waals surface area contributed by atoms with Crippen molar-refractivity contribution in [3.05, 3.63) is 82.4 Å². The van der Waals surface area contributed by atoms with Crippen molar-refractivity contribution < 1.29 is 14.4 Å². The summed E-state index contributed by atoms with van der Waals surface area (Å²) in [5, 5.41) is 19.1. The van der Waals surface area contributed by atoms with E-state index in [1.54, 1.807) is 30.3 Å². The van der Waals surface area contributed by atoms with Gasteiger partial charge in [0.1, 0.15) is 6.54 Å². The maximum absolute atomic E-state index is 13.4. The van der Waals surface area contributed by atoms with Gasteiger partial charge in [-0.1, -0.05) is 48.5 Å². The summed E-state index contributed by atoms with van der Waals surface area (Å²) in [7, 11) is 0. The molecular formula is C27H24N4O3. The summed E-state index contributed by atoms with van der Waals surface area (Å²) in [5.74, 6) is -1.94. The van der Waals surface area contributed by atoms with E-state index >= 15 is 0 Å². The van der Waals surface area contributed by atoms with Crippen molar-refractivity contribution in [1.82, 2.24) is 16.0 Å². The first kappa shape index (κ1) is 21.7. The second kappa shape index (κ2) is 8.64. The van der Waals surface area contributed by atoms with Crippen molar-refractivity contribution in [3.8, 4) is 6.07 Å². The third-order valence-corrected chi connectivity index (χ3v) is 6.73. The number of hydrogen-bond donors (Lipinski definition) is 3. The molecule has 0 heterocycles. The van der Waals surface area contributed by atoms with E-state index in [0.717, 1.165) is 31.2 Å². The van der Waals surface area contributed by atoms with Gasteiger partial charge in [-0.2, -0.15) is 5.26 Å². The van der Waals surface area contributed by atoms with E-state index in [1.165, 1.54) is 21.9 Å². The van der Waals surface area contributed by atoms with Crippen LogP contribution < -0.4 is 16.0 Å². The molecule has 34 heavy (non-hydrogen) atoms. The standard InChI is InChI=1S/C27H24N4O3/c28-14-15-29-25(33)26(34)30-16-19-4-1-2-6-20(19)24(32)31-27(12-13-27)22-11-10-18-9-8-17-5-3-7-21(22)23(17)18/h1-7,10-11H,8-9,12-13,15-16H2,(H,29,33)(H,30,34)(H,31,32). The highest BCUT2D eigenvalue weighted by atomic mass is 16.2. The van der Waals surface area contributed by atoms with Crippen molar-refractivity contribution >= 4 is 28.5 Å². The molecule has 0 bridgehead atoms. The van der Waals surface area contributed by atoms with Gasteiger partial charge >= 0.3 is 11.8 Å². The Balaban J connectivity index is 1.35. The predicted octanol–water partition coefficient (Wildman–Crippen LogP) is 2.61. The van der Waals surface area contributed by atoms with Gasteiger partial charge in [-0.25, -0.2) is 0 Å². The number of carbonyl (C=O) groups is 3. The van der Waals surface area contributed by atoms with Crippen LogP contribution in [0.2, 0.25) is 0 Å². The molecule has 0 aromatic heterocycles. The maximum Gasteiger partial charge on any atom is 0.310 e. The van der Waals surface area contributed by atoms with Crippen LogP contribution in [0.1, 0.15) is 45.5 Å². The van der Waals surface area contributed by atoms with Gasteiger partial charge in [0.05, 0.1) is 11.6 Å². The Kier molecular flexibility index (Phi) is 5.50. The van der Waals surface area contributed by atoms with Crippen LogP contribution in [0.3, 0.4) is 0 Å². The highest BCUT2D eigenvalue weighted by Crippen LogP contribution is 2.49. The third-order valence-electron chi connectivity index (χ3n) is 6.73. The maximum atomic E-state index is 13.4. The molecule has 3 aromatic carbocycles. The summed E-state index contributed by atoms with van der Waals surface area (Å²) >= 11 is 0. The van der Waals surface area contributed by atoms with Crippen LogP contribution in [0.15, 0.2) is 54.6 Å². The van der Waals surface area contributed by atoms with Crippen molar-refractivity contribution in [2.24, 2.45) is 0 Å². The lowest BCUT2D eigenvalue weighted by atomic mass is 9.93. The normalized spacial score (nSPS) is 14.8. The number of aryl methyl sites for hydroxylation is 2. The molecule has 0 atom stereocenters. The van der Waals surface area contributed by atoms with Gasteiger partial charge in [0.15, 0.2) is 0 Å². The van der Waals surface area contributed by atoms with Gasteiger partial charge < -0.3 is 16.0 Å². The molecule has 2 aliphatic rings. The molecule has 170 valence electrons. The first-order valence-electron chi connectivity index (χ1n) is 11.4. The van der Waals surface area contributed by atoms with Crippen LogP contribution in [-0.4, -0.2) is 24.3 Å². The molecule has 0 aliphatic heterocycles. The highest BCUT2D eigenvalue weighted by Gasteiger charge is 2.47. The Morgan fingerprint density at radius 2 is 1.62 bits per heavy atom. The van der Waals surface area contributed by atoms with Crippen LogP contribution >= 0.6 is 0 Å². The average Bonchev–Trinajstić information content (AvgIpc) is 3.51. The lowest BCUT2D eigenvalue weighted by Gasteiger charge is -2.22. The van der Waals surface area contributed by atoms with E-state index in [1.807, 2.05) is 0 Å². The highest BCUT2D eigenvalue weighted by molar-refractivity contribution is 6.35. The first-order chi connectivity index (χ1) is 16.5. The van der Waals surface area contributed by atoms with E-state index in [4.69, 9.17) is 5.26 Å². The fourth-order valence-electron chi connectivity index (χ4n) is 4.89. The van der Waals surface area contributed by atoms with Crippen molar-refractivity contribution in [2.75, 3.05) is 6.54 Å². The summed E-state index contributed by atoms with van der Waals surface area (Å²) in [6.07, 6.45) is 3.86. The predicted molar refractivity (Wildman–Crippen MR) is 127 cm³/mol. The Bertz CT molecular complexity index is 1360. The third kappa shape index (κ3) is 3.88. The molecule has 0 radical (unpaired) electrons. The van der Waals surface area contributed by atoms with Crippen LogP contribution in [0.25, 0.3) is 10.8 Å². The molecule has 7 nitrogen and oxygen atoms in total. The van der Waals surface area contributed by atoms with E-state index in [-0.39, 0.29) is 19.0 Å². The SMILES string of the molecule is N#CCNC(=O)C(=O)NCc1ccccc1C(=O)NC1(c2ccc3c4c(cccc24)CC3)CC1. The van der Waals surface area contributed by atoms with Gasteiger partial charge in [0.2, 0.25) is 0 Å². The molecule has 1 saturated carbocycles. The zero-order chi connectivity index (χ0) is 23.7. The Hall–Kier alpha value is -4.18. The van der Waals surface area contributed by atoms with Gasteiger partial charge in [-0.15, -0.1) is 0 Å². The quantitative estimate of drug-likeness (QED) is 0.394. The summed E-state index contributed by atoms with van der Waals surface area (Å²) < 4.78 is 0. The molecular weight excluding hydrogens is 428 g/mol. The molecule has 0 unspecified atom stereocenters. The minimum atomic E-state index is -0.882. The van der Waals surface area contributed by atoms with E-state index in [9.17, 15) is 14.4 Å². The van der Waals surface area contributed by atoms with Crippen molar-refractivity contribution in [3.63, 3.8) is 0 Å².